The average Bonchev–Trinajstić information content (AvgIpc) is 3.42. The van der Waals surface area contributed by atoms with Crippen LogP contribution < -0.4 is 9.88 Å². The number of rotatable bonds is 4. The van der Waals surface area contributed by atoms with Crippen LogP contribution in [0.25, 0.3) is 0 Å². The summed E-state index contributed by atoms with van der Waals surface area (Å²) in [6.07, 6.45) is 4.94. The van der Waals surface area contributed by atoms with Crippen molar-refractivity contribution in [2.24, 2.45) is 0 Å². The Kier molecular flexibility index (Phi) is 5.34. The zero-order chi connectivity index (χ0) is 18.9. The number of nitrogens with zero attached hydrogens (tertiary/aromatic N) is 3. The lowest BCUT2D eigenvalue weighted by atomic mass is 10.2. The molecule has 1 aromatic heterocycles. The summed E-state index contributed by atoms with van der Waals surface area (Å²) in [6, 6.07) is 3.49. The van der Waals surface area contributed by atoms with E-state index in [0.717, 1.165) is 31.5 Å². The molecule has 0 aliphatic carbocycles. The summed E-state index contributed by atoms with van der Waals surface area (Å²) < 4.78 is 32.2. The van der Waals surface area contributed by atoms with E-state index in [2.05, 4.69) is 9.88 Å². The first-order valence-electron chi connectivity index (χ1n) is 9.73. The monoisotopic (exact) mass is 395 g/mol. The number of carbonyl (C=O) groups is 1. The number of piperazine rings is 1. The number of H-pyrrole nitrogens is 1. The minimum Gasteiger partial charge on any atom is -0.368 e. The molecule has 0 bridgehead atoms. The molecule has 1 aromatic rings. The molecule has 27 heavy (non-hydrogen) atoms. The van der Waals surface area contributed by atoms with Crippen LogP contribution in [0.3, 0.4) is 0 Å². The van der Waals surface area contributed by atoms with Gasteiger partial charge < -0.3 is 9.64 Å². The van der Waals surface area contributed by atoms with E-state index in [1.165, 1.54) is 0 Å². The van der Waals surface area contributed by atoms with Gasteiger partial charge in [0.15, 0.2) is 0 Å². The molecule has 0 aromatic carbocycles. The summed E-state index contributed by atoms with van der Waals surface area (Å²) in [4.78, 5) is 19.9. The second kappa shape index (κ2) is 7.73. The average molecular weight is 396 g/mol. The summed E-state index contributed by atoms with van der Waals surface area (Å²) in [5.41, 5.74) is 0. The maximum absolute atomic E-state index is 12.6. The second-order valence-corrected chi connectivity index (χ2v) is 9.27. The SMILES string of the molecule is O=C([C@H]1CCCO1)N1CCN(c2ccc(S(=O)(=O)N3CCCC3)c[nH+]2)CC1. The Morgan fingerprint density at radius 3 is 2.37 bits per heavy atom. The first-order valence-corrected chi connectivity index (χ1v) is 11.2. The number of anilines is 1. The van der Waals surface area contributed by atoms with Gasteiger partial charge in [-0.15, -0.1) is 0 Å². The fourth-order valence-electron chi connectivity index (χ4n) is 3.98. The molecule has 148 valence electrons. The van der Waals surface area contributed by atoms with Gasteiger partial charge in [-0.2, -0.15) is 4.31 Å². The zero-order valence-electron chi connectivity index (χ0n) is 15.5. The predicted octanol–water partition coefficient (Wildman–Crippen LogP) is 0.113. The highest BCUT2D eigenvalue weighted by molar-refractivity contribution is 7.89. The lowest BCUT2D eigenvalue weighted by Crippen LogP contribution is -2.52. The van der Waals surface area contributed by atoms with Crippen molar-refractivity contribution in [3.05, 3.63) is 18.3 Å². The van der Waals surface area contributed by atoms with Gasteiger partial charge in [-0.3, -0.25) is 9.69 Å². The van der Waals surface area contributed by atoms with E-state index in [-0.39, 0.29) is 12.0 Å². The lowest BCUT2D eigenvalue weighted by molar-refractivity contribution is -0.367. The largest absolute Gasteiger partial charge is 0.368 e. The van der Waals surface area contributed by atoms with E-state index in [1.807, 2.05) is 11.0 Å². The molecule has 0 spiro atoms. The smallest absolute Gasteiger partial charge is 0.274 e. The van der Waals surface area contributed by atoms with Crippen molar-refractivity contribution in [3.8, 4) is 0 Å². The maximum atomic E-state index is 12.6. The van der Waals surface area contributed by atoms with E-state index in [9.17, 15) is 13.2 Å². The molecule has 0 unspecified atom stereocenters. The van der Waals surface area contributed by atoms with Crippen LogP contribution in [0, 0.1) is 0 Å². The van der Waals surface area contributed by atoms with Crippen molar-refractivity contribution in [2.75, 3.05) is 50.8 Å². The van der Waals surface area contributed by atoms with Crippen molar-refractivity contribution in [1.82, 2.24) is 9.21 Å². The number of carbonyl (C=O) groups excluding carboxylic acids is 1. The molecule has 3 fully saturated rings. The van der Waals surface area contributed by atoms with Gasteiger partial charge in [0.05, 0.1) is 13.1 Å². The van der Waals surface area contributed by atoms with Crippen molar-refractivity contribution < 1.29 is 22.9 Å². The Morgan fingerprint density at radius 1 is 1.04 bits per heavy atom. The standard InChI is InChI=1S/C18H26N4O4S/c23-18(16-4-3-13-26-16)21-11-9-20(10-12-21)17-6-5-15(14-19-17)27(24,25)22-7-1-2-8-22/h5-6,14,16H,1-4,7-13H2/p+1/t16-/m1/s1. The zero-order valence-corrected chi connectivity index (χ0v) is 16.3. The summed E-state index contributed by atoms with van der Waals surface area (Å²) in [5, 5.41) is 0. The third-order valence-corrected chi connectivity index (χ3v) is 7.50. The van der Waals surface area contributed by atoms with E-state index in [0.29, 0.717) is 50.8 Å². The summed E-state index contributed by atoms with van der Waals surface area (Å²) in [7, 11) is -3.40. The van der Waals surface area contributed by atoms with Crippen LogP contribution in [-0.4, -0.2) is 75.5 Å². The van der Waals surface area contributed by atoms with E-state index < -0.39 is 10.0 Å². The molecule has 0 radical (unpaired) electrons. The molecule has 4 rings (SSSR count). The molecule has 0 saturated carbocycles. The molecule has 8 nitrogen and oxygen atoms in total. The summed E-state index contributed by atoms with van der Waals surface area (Å²) in [6.45, 7) is 4.62. The molecule has 1 amide bonds. The number of aromatic nitrogens is 1. The van der Waals surface area contributed by atoms with Crippen LogP contribution >= 0.6 is 0 Å². The highest BCUT2D eigenvalue weighted by Crippen LogP contribution is 2.21. The third-order valence-electron chi connectivity index (χ3n) is 5.61. The van der Waals surface area contributed by atoms with Crippen molar-refractivity contribution in [3.63, 3.8) is 0 Å². The predicted molar refractivity (Wildman–Crippen MR) is 98.8 cm³/mol. The Hall–Kier alpha value is -1.71. The van der Waals surface area contributed by atoms with Crippen molar-refractivity contribution >= 4 is 21.7 Å². The Balaban J connectivity index is 1.37. The van der Waals surface area contributed by atoms with Crippen LogP contribution in [0.5, 0.6) is 0 Å². The normalized spacial score (nSPS) is 24.5. The quantitative estimate of drug-likeness (QED) is 0.723. The maximum Gasteiger partial charge on any atom is 0.274 e. The van der Waals surface area contributed by atoms with E-state index in [4.69, 9.17) is 4.74 Å². The van der Waals surface area contributed by atoms with Crippen LogP contribution in [0.4, 0.5) is 5.82 Å². The Bertz CT molecular complexity index is 763. The minimum absolute atomic E-state index is 0.100. The Morgan fingerprint density at radius 2 is 1.78 bits per heavy atom. The molecule has 9 heteroatoms. The van der Waals surface area contributed by atoms with Crippen LogP contribution in [0.15, 0.2) is 23.2 Å². The van der Waals surface area contributed by atoms with Gasteiger partial charge in [0.25, 0.3) is 11.7 Å². The van der Waals surface area contributed by atoms with Crippen molar-refractivity contribution in [1.29, 1.82) is 0 Å². The Labute approximate surface area is 160 Å². The van der Waals surface area contributed by atoms with Crippen LogP contribution in [0.2, 0.25) is 0 Å². The molecule has 3 saturated heterocycles. The van der Waals surface area contributed by atoms with Gasteiger partial charge >= 0.3 is 0 Å². The van der Waals surface area contributed by atoms with Crippen LogP contribution in [-0.2, 0) is 19.6 Å². The van der Waals surface area contributed by atoms with Gasteiger partial charge in [-0.1, -0.05) is 0 Å². The van der Waals surface area contributed by atoms with Gasteiger partial charge in [0.2, 0.25) is 10.0 Å². The van der Waals surface area contributed by atoms with Gasteiger partial charge in [0, 0.05) is 25.8 Å². The molecular weight excluding hydrogens is 368 g/mol. The number of nitrogens with one attached hydrogen (secondary N) is 1. The number of ether oxygens (including phenoxy) is 1. The van der Waals surface area contributed by atoms with E-state index >= 15 is 0 Å². The highest BCUT2D eigenvalue weighted by atomic mass is 32.2. The minimum atomic E-state index is -3.40. The van der Waals surface area contributed by atoms with E-state index in [1.54, 1.807) is 16.6 Å². The lowest BCUT2D eigenvalue weighted by Gasteiger charge is -2.32. The molecule has 3 aliphatic heterocycles. The first-order chi connectivity index (χ1) is 13.1. The number of amides is 1. The summed E-state index contributed by atoms with van der Waals surface area (Å²) in [5.74, 6) is 0.975. The molecule has 3 aliphatic rings. The third kappa shape index (κ3) is 3.81. The molecule has 1 atom stereocenters. The summed E-state index contributed by atoms with van der Waals surface area (Å²) >= 11 is 0. The van der Waals surface area contributed by atoms with Crippen molar-refractivity contribution in [2.45, 2.75) is 36.7 Å². The molecular formula is C18H27N4O4S+. The van der Waals surface area contributed by atoms with Gasteiger partial charge in [0.1, 0.15) is 30.3 Å². The topological polar surface area (TPSA) is 84.3 Å². The van der Waals surface area contributed by atoms with Gasteiger partial charge in [-0.05, 0) is 31.7 Å². The first kappa shape index (κ1) is 18.6. The number of aromatic amines is 1. The second-order valence-electron chi connectivity index (χ2n) is 7.33. The number of sulfonamides is 1. The molecule has 1 N–H and O–H groups in total. The number of hydrogen-bond acceptors (Lipinski definition) is 5. The fraction of sp³-hybridized carbons (Fsp3) is 0.667. The highest BCUT2D eigenvalue weighted by Gasteiger charge is 2.33. The van der Waals surface area contributed by atoms with Gasteiger partial charge in [-0.25, -0.2) is 13.4 Å². The van der Waals surface area contributed by atoms with Crippen LogP contribution in [0.1, 0.15) is 25.7 Å². The number of pyridine rings is 1. The molecule has 4 heterocycles. The number of hydrogen-bond donors (Lipinski definition) is 0. The fourth-order valence-corrected chi connectivity index (χ4v) is 5.47.